The number of benzene rings is 3. The Morgan fingerprint density at radius 2 is 1.19 bits per heavy atom. The SMILES string of the molecule is COc1ccc(N(c2ccc(OC)cc2)c2ccc(-c3ccc(-c4cc5c(s4)-c4sc(/C(C#N)=C/S(=O)(=O)O)cc4C5=C(C#N)C#N)s3)cc2)cc1. The summed E-state index contributed by atoms with van der Waals surface area (Å²) < 4.78 is 43.1. The molecule has 3 heterocycles. The fraction of sp³-hybridized carbons (Fsp3) is 0.0513. The average Bonchev–Trinajstić information content (AvgIpc) is 3.95. The number of thiophene rings is 3. The molecule has 0 unspecified atom stereocenters. The second kappa shape index (κ2) is 14.0. The first kappa shape index (κ1) is 34.5. The van der Waals surface area contributed by atoms with Crippen molar-refractivity contribution >= 4 is 72.3 Å². The lowest BCUT2D eigenvalue weighted by molar-refractivity contribution is 0.415. The first-order chi connectivity index (χ1) is 25.1. The van der Waals surface area contributed by atoms with E-state index in [1.54, 1.807) is 31.6 Å². The smallest absolute Gasteiger partial charge is 0.288 e. The molecule has 6 aromatic rings. The summed E-state index contributed by atoms with van der Waals surface area (Å²) in [6.45, 7) is 0. The third kappa shape index (κ3) is 6.49. The molecule has 13 heteroatoms. The van der Waals surface area contributed by atoms with Crippen molar-refractivity contribution in [3.63, 3.8) is 0 Å². The molecule has 3 aromatic carbocycles. The molecule has 254 valence electrons. The number of fused-ring (bicyclic) bond motifs is 3. The van der Waals surface area contributed by atoms with E-state index in [1.165, 1.54) is 22.7 Å². The van der Waals surface area contributed by atoms with Crippen LogP contribution in [0.2, 0.25) is 0 Å². The van der Waals surface area contributed by atoms with Crippen molar-refractivity contribution in [2.75, 3.05) is 19.1 Å². The first-order valence-electron chi connectivity index (χ1n) is 15.4. The van der Waals surface area contributed by atoms with Gasteiger partial charge in [0.15, 0.2) is 0 Å². The minimum Gasteiger partial charge on any atom is -0.497 e. The van der Waals surface area contributed by atoms with E-state index in [0.29, 0.717) is 21.4 Å². The Hall–Kier alpha value is -5.98. The number of methoxy groups -OCH3 is 2. The lowest BCUT2D eigenvalue weighted by Gasteiger charge is -2.26. The topological polar surface area (TPSA) is 147 Å². The Kier molecular flexibility index (Phi) is 9.26. The molecule has 0 atom stereocenters. The van der Waals surface area contributed by atoms with Gasteiger partial charge in [-0.3, -0.25) is 4.55 Å². The van der Waals surface area contributed by atoms with Gasteiger partial charge < -0.3 is 14.4 Å². The van der Waals surface area contributed by atoms with E-state index in [1.807, 2.05) is 78.9 Å². The lowest BCUT2D eigenvalue weighted by atomic mass is 10.0. The number of hydrogen-bond acceptors (Lipinski definition) is 11. The molecule has 0 saturated heterocycles. The Morgan fingerprint density at radius 3 is 1.71 bits per heavy atom. The fourth-order valence-electron chi connectivity index (χ4n) is 5.89. The van der Waals surface area contributed by atoms with Crippen LogP contribution in [0.5, 0.6) is 11.5 Å². The van der Waals surface area contributed by atoms with E-state index < -0.39 is 10.1 Å². The minimum atomic E-state index is -4.57. The quantitative estimate of drug-likeness (QED) is 0.112. The summed E-state index contributed by atoms with van der Waals surface area (Å²) in [4.78, 5) is 6.98. The van der Waals surface area contributed by atoms with Gasteiger partial charge in [-0.25, -0.2) is 0 Å². The lowest BCUT2D eigenvalue weighted by Crippen LogP contribution is -2.09. The van der Waals surface area contributed by atoms with E-state index >= 15 is 0 Å². The van der Waals surface area contributed by atoms with Gasteiger partial charge in [-0.1, -0.05) is 12.1 Å². The van der Waals surface area contributed by atoms with Crippen LogP contribution in [0.4, 0.5) is 17.1 Å². The van der Waals surface area contributed by atoms with Crippen LogP contribution in [-0.4, -0.2) is 27.2 Å². The van der Waals surface area contributed by atoms with Crippen LogP contribution >= 0.6 is 34.0 Å². The summed E-state index contributed by atoms with van der Waals surface area (Å²) in [6.07, 6.45) is 0. The highest BCUT2D eigenvalue weighted by atomic mass is 32.2. The van der Waals surface area contributed by atoms with Gasteiger partial charge >= 0.3 is 0 Å². The normalized spacial score (nSPS) is 11.9. The molecule has 0 aliphatic heterocycles. The van der Waals surface area contributed by atoms with Crippen molar-refractivity contribution in [2.45, 2.75) is 0 Å². The largest absolute Gasteiger partial charge is 0.497 e. The summed E-state index contributed by atoms with van der Waals surface area (Å²) >= 11 is 4.28. The maximum Gasteiger partial charge on any atom is 0.288 e. The van der Waals surface area contributed by atoms with Crippen molar-refractivity contribution in [3.8, 4) is 59.7 Å². The maximum absolute atomic E-state index is 11.5. The summed E-state index contributed by atoms with van der Waals surface area (Å²) in [7, 11) is -1.29. The number of ether oxygens (including phenoxy) is 2. The van der Waals surface area contributed by atoms with Gasteiger partial charge in [-0.2, -0.15) is 24.2 Å². The highest BCUT2D eigenvalue weighted by Crippen LogP contribution is 2.56. The maximum atomic E-state index is 11.5. The van der Waals surface area contributed by atoms with Gasteiger partial charge in [-0.15, -0.1) is 34.0 Å². The third-order valence-corrected chi connectivity index (χ3v) is 12.6. The van der Waals surface area contributed by atoms with Crippen molar-refractivity contribution in [2.24, 2.45) is 0 Å². The molecule has 0 radical (unpaired) electrons. The van der Waals surface area contributed by atoms with Crippen molar-refractivity contribution in [3.05, 3.63) is 124 Å². The van der Waals surface area contributed by atoms with E-state index in [-0.39, 0.29) is 11.1 Å². The molecule has 0 saturated carbocycles. The van der Waals surface area contributed by atoms with Crippen LogP contribution in [-0.2, 0) is 10.1 Å². The number of rotatable bonds is 9. The summed E-state index contributed by atoms with van der Waals surface area (Å²) in [6, 6.07) is 37.5. The summed E-state index contributed by atoms with van der Waals surface area (Å²) in [5, 5.41) is 29.8. The number of anilines is 3. The van der Waals surface area contributed by atoms with E-state index in [0.717, 1.165) is 64.1 Å². The van der Waals surface area contributed by atoms with Gasteiger partial charge in [0.05, 0.1) is 35.0 Å². The predicted molar refractivity (Wildman–Crippen MR) is 207 cm³/mol. The first-order valence-corrected chi connectivity index (χ1v) is 19.3. The Balaban J connectivity index is 1.22. The Morgan fingerprint density at radius 1 is 0.673 bits per heavy atom. The van der Waals surface area contributed by atoms with Crippen LogP contribution in [0, 0.1) is 34.0 Å². The minimum absolute atomic E-state index is 0.0868. The van der Waals surface area contributed by atoms with Gasteiger partial charge in [-0.05, 0) is 90.5 Å². The molecule has 1 N–H and O–H groups in total. The van der Waals surface area contributed by atoms with Gasteiger partial charge in [0.25, 0.3) is 10.1 Å². The summed E-state index contributed by atoms with van der Waals surface area (Å²) in [5.41, 5.74) is 5.36. The van der Waals surface area contributed by atoms with Gasteiger partial charge in [0.1, 0.15) is 35.3 Å². The molecule has 9 nitrogen and oxygen atoms in total. The van der Waals surface area contributed by atoms with E-state index in [4.69, 9.17) is 9.47 Å². The van der Waals surface area contributed by atoms with Crippen LogP contribution in [0.3, 0.4) is 0 Å². The van der Waals surface area contributed by atoms with Crippen molar-refractivity contribution in [1.82, 2.24) is 0 Å². The molecule has 52 heavy (non-hydrogen) atoms. The van der Waals surface area contributed by atoms with Crippen LogP contribution in [0.25, 0.3) is 41.1 Å². The van der Waals surface area contributed by atoms with Crippen LogP contribution < -0.4 is 14.4 Å². The van der Waals surface area contributed by atoms with Crippen LogP contribution in [0.15, 0.2) is 108 Å². The number of nitriles is 3. The molecule has 0 fully saturated rings. The summed E-state index contributed by atoms with van der Waals surface area (Å²) in [5.74, 6) is 1.53. The van der Waals surface area contributed by atoms with Crippen molar-refractivity contribution < 1.29 is 22.4 Å². The predicted octanol–water partition coefficient (Wildman–Crippen LogP) is 10.3. The highest BCUT2D eigenvalue weighted by Gasteiger charge is 2.33. The second-order valence-electron chi connectivity index (χ2n) is 11.3. The zero-order chi connectivity index (χ0) is 36.6. The molecule has 1 aliphatic rings. The Bertz CT molecular complexity index is 2580. The molecule has 1 aliphatic carbocycles. The molecule has 0 bridgehead atoms. The molecule has 0 amide bonds. The van der Waals surface area contributed by atoms with Gasteiger partial charge in [0, 0.05) is 53.3 Å². The highest BCUT2D eigenvalue weighted by molar-refractivity contribution is 7.89. The monoisotopic (exact) mass is 756 g/mol. The molecular formula is C39H24N4O5S4. The second-order valence-corrected chi connectivity index (χ2v) is 15.7. The zero-order valence-electron chi connectivity index (χ0n) is 27.3. The molecule has 3 aromatic heterocycles. The number of nitrogens with zero attached hydrogens (tertiary/aromatic N) is 4. The fourth-order valence-corrected chi connectivity index (χ4v) is 9.99. The van der Waals surface area contributed by atoms with Gasteiger partial charge in [0.2, 0.25) is 0 Å². The average molecular weight is 757 g/mol. The number of allylic oxidation sites excluding steroid dienone is 2. The third-order valence-electron chi connectivity index (χ3n) is 8.26. The molecule has 7 rings (SSSR count). The van der Waals surface area contributed by atoms with Crippen molar-refractivity contribution in [1.29, 1.82) is 15.8 Å². The number of hydrogen-bond donors (Lipinski definition) is 1. The molecular weight excluding hydrogens is 733 g/mol. The van der Waals surface area contributed by atoms with E-state index in [9.17, 15) is 28.8 Å². The Labute approximate surface area is 311 Å². The zero-order valence-corrected chi connectivity index (χ0v) is 30.6. The molecule has 0 spiro atoms. The van der Waals surface area contributed by atoms with E-state index in [2.05, 4.69) is 35.2 Å². The standard InChI is InChI=1S/C39H24N4O5S4/c1-47-29-11-7-27(8-12-29)43(28-9-13-30(48-2)14-10-28)26-5-3-23(4-6-26)33-15-16-34(49-33)36-18-32-37(24(19-40)20-41)31-17-35(50-38(31)39(32)51-36)25(21-42)22-52(44,45)46/h3-18,22H,1-2H3,(H,44,45,46)/b25-22+. The van der Waals surface area contributed by atoms with Crippen LogP contribution in [0.1, 0.15) is 16.0 Å².